The molecule has 0 radical (unpaired) electrons. The number of ether oxygens (including phenoxy) is 1. The fourth-order valence-electron chi connectivity index (χ4n) is 6.99. The van der Waals surface area contributed by atoms with Crippen LogP contribution in [0.3, 0.4) is 0 Å². The number of hydrogen-bond donors (Lipinski definition) is 1. The molecule has 1 aromatic carbocycles. The number of amides is 3. The van der Waals surface area contributed by atoms with Crippen molar-refractivity contribution in [1.29, 1.82) is 0 Å². The highest BCUT2D eigenvalue weighted by Gasteiger charge is 2.74. The maximum absolute atomic E-state index is 14.3. The normalized spacial score (nSPS) is 32.0. The minimum atomic E-state index is -1.21. The maximum Gasteiger partial charge on any atom is 0.249 e. The van der Waals surface area contributed by atoms with Gasteiger partial charge in [-0.2, -0.15) is 0 Å². The van der Waals surface area contributed by atoms with Gasteiger partial charge in [-0.05, 0) is 39.2 Å². The monoisotopic (exact) mass is 535 g/mol. The van der Waals surface area contributed by atoms with E-state index in [9.17, 15) is 14.4 Å². The number of likely N-dealkylation sites (tertiary alicyclic amines) is 1. The SMILES string of the molecule is CC(C)N1CC=C[C@]23O[C@]4(C)C=CCN(Cc5ccccc5)C(=O)[C@@H]4[C@H]2C(=O)N(CCCCCCO)C3C1=O. The fraction of sp³-hybridized carbons (Fsp3) is 0.581. The molecule has 8 heteroatoms. The molecule has 0 aliphatic carbocycles. The molecule has 210 valence electrons. The van der Waals surface area contributed by atoms with Crippen molar-refractivity contribution in [2.45, 2.75) is 76.3 Å². The van der Waals surface area contributed by atoms with Crippen molar-refractivity contribution < 1.29 is 24.2 Å². The van der Waals surface area contributed by atoms with Crippen LogP contribution in [0.4, 0.5) is 0 Å². The molecule has 1 unspecified atom stereocenters. The van der Waals surface area contributed by atoms with E-state index in [4.69, 9.17) is 9.84 Å². The number of carbonyl (C=O) groups excluding carboxylic acids is 3. The van der Waals surface area contributed by atoms with Crippen LogP contribution in [0.25, 0.3) is 0 Å². The van der Waals surface area contributed by atoms with Gasteiger partial charge in [0.25, 0.3) is 0 Å². The Bertz CT molecular complexity index is 1150. The van der Waals surface area contributed by atoms with E-state index in [-0.39, 0.29) is 30.4 Å². The zero-order valence-electron chi connectivity index (χ0n) is 23.3. The molecule has 0 saturated carbocycles. The first-order chi connectivity index (χ1) is 18.7. The van der Waals surface area contributed by atoms with E-state index in [1.54, 1.807) is 14.7 Å². The Morgan fingerprint density at radius 2 is 1.64 bits per heavy atom. The van der Waals surface area contributed by atoms with Crippen LogP contribution in [0.15, 0.2) is 54.6 Å². The predicted molar refractivity (Wildman–Crippen MR) is 147 cm³/mol. The Balaban J connectivity index is 1.52. The number of rotatable bonds is 9. The molecule has 1 N–H and O–H groups in total. The molecule has 4 aliphatic heterocycles. The highest BCUT2D eigenvalue weighted by molar-refractivity contribution is 6.00. The average Bonchev–Trinajstić information content (AvgIpc) is 3.17. The fourth-order valence-corrected chi connectivity index (χ4v) is 6.99. The van der Waals surface area contributed by atoms with Gasteiger partial charge in [-0.3, -0.25) is 14.4 Å². The van der Waals surface area contributed by atoms with Gasteiger partial charge in [-0.1, -0.05) is 67.5 Å². The third kappa shape index (κ3) is 4.72. The lowest BCUT2D eigenvalue weighted by Crippen LogP contribution is -2.57. The molecule has 4 heterocycles. The first-order valence-corrected chi connectivity index (χ1v) is 14.3. The van der Waals surface area contributed by atoms with Crippen LogP contribution in [-0.2, 0) is 25.7 Å². The van der Waals surface area contributed by atoms with Gasteiger partial charge in [0.2, 0.25) is 17.7 Å². The largest absolute Gasteiger partial charge is 0.396 e. The molecule has 39 heavy (non-hydrogen) atoms. The summed E-state index contributed by atoms with van der Waals surface area (Å²) in [6, 6.07) is 9.00. The number of aliphatic hydroxyl groups excluding tert-OH is 1. The number of fused-ring (bicyclic) bond motifs is 2. The zero-order valence-corrected chi connectivity index (χ0v) is 23.3. The number of hydrogen-bond acceptors (Lipinski definition) is 5. The zero-order chi connectivity index (χ0) is 27.8. The summed E-state index contributed by atoms with van der Waals surface area (Å²) in [5, 5.41) is 9.15. The van der Waals surface area contributed by atoms with Crippen LogP contribution in [0.2, 0.25) is 0 Å². The molecule has 8 nitrogen and oxygen atoms in total. The van der Waals surface area contributed by atoms with Crippen LogP contribution >= 0.6 is 0 Å². The first kappa shape index (κ1) is 27.6. The van der Waals surface area contributed by atoms with Gasteiger partial charge in [0.15, 0.2) is 0 Å². The summed E-state index contributed by atoms with van der Waals surface area (Å²) in [7, 11) is 0. The molecule has 3 amide bonds. The van der Waals surface area contributed by atoms with Crippen LogP contribution in [0, 0.1) is 11.8 Å². The average molecular weight is 536 g/mol. The number of aliphatic hydroxyl groups is 1. The Morgan fingerprint density at radius 3 is 2.36 bits per heavy atom. The van der Waals surface area contributed by atoms with Crippen LogP contribution in [0.1, 0.15) is 52.0 Å². The second kappa shape index (κ2) is 10.9. The molecule has 4 aliphatic rings. The summed E-state index contributed by atoms with van der Waals surface area (Å²) in [5.74, 6) is -1.94. The Hall–Kier alpha value is -2.97. The van der Waals surface area contributed by atoms with Gasteiger partial charge in [0, 0.05) is 38.8 Å². The second-order valence-electron chi connectivity index (χ2n) is 11.8. The lowest BCUT2D eigenvalue weighted by atomic mass is 9.74. The van der Waals surface area contributed by atoms with E-state index in [0.29, 0.717) is 32.6 Å². The first-order valence-electron chi connectivity index (χ1n) is 14.3. The molecule has 1 aromatic rings. The van der Waals surface area contributed by atoms with Gasteiger partial charge >= 0.3 is 0 Å². The molecule has 5 rings (SSSR count). The van der Waals surface area contributed by atoms with Gasteiger partial charge in [-0.25, -0.2) is 0 Å². The summed E-state index contributed by atoms with van der Waals surface area (Å²) >= 11 is 0. The Kier molecular flexibility index (Phi) is 7.71. The van der Waals surface area contributed by atoms with Crippen molar-refractivity contribution >= 4 is 17.7 Å². The number of nitrogens with zero attached hydrogens (tertiary/aromatic N) is 3. The van der Waals surface area contributed by atoms with E-state index in [1.807, 2.05) is 75.4 Å². The second-order valence-corrected chi connectivity index (χ2v) is 11.8. The minimum absolute atomic E-state index is 0.0387. The number of unbranched alkanes of at least 4 members (excludes halogenated alkanes) is 3. The van der Waals surface area contributed by atoms with Gasteiger partial charge in [0.05, 0.1) is 17.4 Å². The van der Waals surface area contributed by atoms with E-state index in [2.05, 4.69) is 0 Å². The number of benzene rings is 1. The molecule has 2 fully saturated rings. The standard InChI is InChI=1S/C31H41N3O5/c1-22(2)33-19-12-16-31-25(28(37)34(26(31)29(33)38)18-9-4-5-10-20-35)24-27(36)32(17-11-15-30(24,3)39-31)21-23-13-7-6-8-14-23/h6-8,11-16,22,24-26,35H,4-5,9-10,17-21H2,1-3H3/t24-,25-,26?,30+,31-/m0/s1. The van der Waals surface area contributed by atoms with Crippen molar-refractivity contribution in [2.24, 2.45) is 11.8 Å². The van der Waals surface area contributed by atoms with Crippen LogP contribution < -0.4 is 0 Å². The van der Waals surface area contributed by atoms with Gasteiger partial charge < -0.3 is 24.5 Å². The summed E-state index contributed by atoms with van der Waals surface area (Å²) in [6.45, 7) is 7.73. The van der Waals surface area contributed by atoms with E-state index in [0.717, 1.165) is 24.8 Å². The van der Waals surface area contributed by atoms with Crippen molar-refractivity contribution in [3.05, 3.63) is 60.2 Å². The van der Waals surface area contributed by atoms with Crippen LogP contribution in [-0.4, -0.2) is 87.1 Å². The van der Waals surface area contributed by atoms with Gasteiger partial charge in [-0.15, -0.1) is 0 Å². The topological polar surface area (TPSA) is 90.4 Å². The van der Waals surface area contributed by atoms with Crippen molar-refractivity contribution in [1.82, 2.24) is 14.7 Å². The lowest BCUT2D eigenvalue weighted by Gasteiger charge is -2.38. The van der Waals surface area contributed by atoms with E-state index in [1.165, 1.54) is 0 Å². The summed E-state index contributed by atoms with van der Waals surface area (Å²) in [4.78, 5) is 48.0. The molecule has 1 spiro atoms. The van der Waals surface area contributed by atoms with E-state index >= 15 is 0 Å². The molecule has 0 aromatic heterocycles. The Morgan fingerprint density at radius 1 is 0.923 bits per heavy atom. The maximum atomic E-state index is 14.3. The molecular weight excluding hydrogens is 494 g/mol. The third-order valence-corrected chi connectivity index (χ3v) is 8.82. The third-order valence-electron chi connectivity index (χ3n) is 8.82. The highest BCUT2D eigenvalue weighted by atomic mass is 16.5. The predicted octanol–water partition coefficient (Wildman–Crippen LogP) is 2.92. The van der Waals surface area contributed by atoms with Crippen molar-refractivity contribution in [3.8, 4) is 0 Å². The van der Waals surface area contributed by atoms with Crippen molar-refractivity contribution in [3.63, 3.8) is 0 Å². The number of carbonyl (C=O) groups is 3. The molecule has 5 atom stereocenters. The summed E-state index contributed by atoms with van der Waals surface area (Å²) < 4.78 is 6.88. The van der Waals surface area contributed by atoms with Gasteiger partial charge in [0.1, 0.15) is 11.6 Å². The van der Waals surface area contributed by atoms with E-state index < -0.39 is 29.1 Å². The quantitative estimate of drug-likeness (QED) is 0.388. The van der Waals surface area contributed by atoms with Crippen LogP contribution in [0.5, 0.6) is 0 Å². The summed E-state index contributed by atoms with van der Waals surface area (Å²) in [5.41, 5.74) is -1.20. The highest BCUT2D eigenvalue weighted by Crippen LogP contribution is 2.57. The Labute approximate surface area is 231 Å². The molecule has 2 saturated heterocycles. The summed E-state index contributed by atoms with van der Waals surface area (Å²) in [6.07, 6.45) is 10.9. The minimum Gasteiger partial charge on any atom is -0.396 e. The van der Waals surface area contributed by atoms with Crippen molar-refractivity contribution in [2.75, 3.05) is 26.2 Å². The smallest absolute Gasteiger partial charge is 0.249 e. The molecule has 0 bridgehead atoms. The lowest BCUT2D eigenvalue weighted by molar-refractivity contribution is -0.153. The molecular formula is C31H41N3O5.